The Bertz CT molecular complexity index is 416. The van der Waals surface area contributed by atoms with E-state index in [-0.39, 0.29) is 12.5 Å². The maximum atomic E-state index is 11.9. The zero-order chi connectivity index (χ0) is 14.2. The Kier molecular flexibility index (Phi) is 5.94. The SMILES string of the molecule is O=C(CCCn1cc(CCCO)nn1)N1CCOCC1. The van der Waals surface area contributed by atoms with Crippen LogP contribution >= 0.6 is 0 Å². The molecule has 7 nitrogen and oxygen atoms in total. The van der Waals surface area contributed by atoms with Crippen LogP contribution in [0.4, 0.5) is 0 Å². The molecule has 0 saturated carbocycles. The van der Waals surface area contributed by atoms with Crippen LogP contribution in [0.5, 0.6) is 0 Å². The summed E-state index contributed by atoms with van der Waals surface area (Å²) < 4.78 is 6.99. The lowest BCUT2D eigenvalue weighted by Gasteiger charge is -2.26. The summed E-state index contributed by atoms with van der Waals surface area (Å²) in [7, 11) is 0. The molecule has 112 valence electrons. The first-order valence-electron chi connectivity index (χ1n) is 7.15. The number of amides is 1. The van der Waals surface area contributed by atoms with Gasteiger partial charge in [0.1, 0.15) is 0 Å². The van der Waals surface area contributed by atoms with Crippen LogP contribution < -0.4 is 0 Å². The minimum atomic E-state index is 0.168. The molecule has 0 bridgehead atoms. The Labute approximate surface area is 118 Å². The summed E-state index contributed by atoms with van der Waals surface area (Å²) in [6, 6.07) is 0. The molecule has 0 aromatic carbocycles. The van der Waals surface area contributed by atoms with Crippen molar-refractivity contribution in [3.63, 3.8) is 0 Å². The second-order valence-electron chi connectivity index (χ2n) is 4.90. The number of aliphatic hydroxyl groups excluding tert-OH is 1. The first-order chi connectivity index (χ1) is 9.79. The minimum Gasteiger partial charge on any atom is -0.396 e. The Morgan fingerprint density at radius 2 is 2.15 bits per heavy atom. The highest BCUT2D eigenvalue weighted by atomic mass is 16.5. The zero-order valence-corrected chi connectivity index (χ0v) is 11.7. The smallest absolute Gasteiger partial charge is 0.222 e. The normalized spacial score (nSPS) is 15.6. The fraction of sp³-hybridized carbons (Fsp3) is 0.769. The van der Waals surface area contributed by atoms with Crippen LogP contribution in [0.1, 0.15) is 25.0 Å². The van der Waals surface area contributed by atoms with E-state index in [1.165, 1.54) is 0 Å². The van der Waals surface area contributed by atoms with Crippen LogP contribution in [0, 0.1) is 0 Å². The van der Waals surface area contributed by atoms with Crippen LogP contribution in [0.3, 0.4) is 0 Å². The average molecular weight is 282 g/mol. The maximum absolute atomic E-state index is 11.9. The van der Waals surface area contributed by atoms with E-state index in [1.54, 1.807) is 4.68 Å². The molecule has 0 atom stereocenters. The number of carbonyl (C=O) groups excluding carboxylic acids is 1. The summed E-state index contributed by atoms with van der Waals surface area (Å²) in [5.41, 5.74) is 0.888. The van der Waals surface area contributed by atoms with E-state index >= 15 is 0 Å². The molecule has 1 amide bonds. The van der Waals surface area contributed by atoms with Crippen LogP contribution in [-0.2, 0) is 22.5 Å². The van der Waals surface area contributed by atoms with E-state index in [2.05, 4.69) is 10.3 Å². The molecule has 2 heterocycles. The lowest BCUT2D eigenvalue weighted by Crippen LogP contribution is -2.40. The molecule has 0 spiro atoms. The second-order valence-corrected chi connectivity index (χ2v) is 4.90. The van der Waals surface area contributed by atoms with Gasteiger partial charge < -0.3 is 14.7 Å². The largest absolute Gasteiger partial charge is 0.396 e. The molecule has 1 aliphatic heterocycles. The quantitative estimate of drug-likeness (QED) is 0.752. The minimum absolute atomic E-state index is 0.168. The van der Waals surface area contributed by atoms with Gasteiger partial charge >= 0.3 is 0 Å². The molecule has 1 aromatic rings. The maximum Gasteiger partial charge on any atom is 0.222 e. The van der Waals surface area contributed by atoms with Gasteiger partial charge in [-0.15, -0.1) is 5.10 Å². The predicted molar refractivity (Wildman–Crippen MR) is 72.1 cm³/mol. The van der Waals surface area contributed by atoms with E-state index in [0.29, 0.717) is 45.7 Å². The molecule has 1 aromatic heterocycles. The fourth-order valence-corrected chi connectivity index (χ4v) is 2.19. The topological polar surface area (TPSA) is 80.5 Å². The summed E-state index contributed by atoms with van der Waals surface area (Å²) in [6.45, 7) is 3.55. The number of aromatic nitrogens is 3. The Hall–Kier alpha value is -1.47. The molecule has 0 radical (unpaired) electrons. The summed E-state index contributed by atoms with van der Waals surface area (Å²) in [5, 5.41) is 16.8. The summed E-state index contributed by atoms with van der Waals surface area (Å²) >= 11 is 0. The molecule has 1 N–H and O–H groups in total. The van der Waals surface area contributed by atoms with Gasteiger partial charge in [0.2, 0.25) is 5.91 Å². The lowest BCUT2D eigenvalue weighted by molar-refractivity contribution is -0.135. The Morgan fingerprint density at radius 3 is 2.90 bits per heavy atom. The lowest BCUT2D eigenvalue weighted by atomic mass is 10.2. The third-order valence-corrected chi connectivity index (χ3v) is 3.32. The monoisotopic (exact) mass is 282 g/mol. The van der Waals surface area contributed by atoms with Gasteiger partial charge in [0.15, 0.2) is 0 Å². The molecule has 0 unspecified atom stereocenters. The number of ether oxygens (including phenoxy) is 1. The van der Waals surface area contributed by atoms with Gasteiger partial charge in [-0.05, 0) is 19.3 Å². The third-order valence-electron chi connectivity index (χ3n) is 3.32. The summed E-state index contributed by atoms with van der Waals surface area (Å²) in [5.74, 6) is 0.189. The fourth-order valence-electron chi connectivity index (χ4n) is 2.19. The Morgan fingerprint density at radius 1 is 1.35 bits per heavy atom. The van der Waals surface area contributed by atoms with E-state index < -0.39 is 0 Å². The highest BCUT2D eigenvalue weighted by Gasteiger charge is 2.16. The summed E-state index contributed by atoms with van der Waals surface area (Å²) in [4.78, 5) is 13.8. The van der Waals surface area contributed by atoms with Crippen molar-refractivity contribution in [3.05, 3.63) is 11.9 Å². The van der Waals surface area contributed by atoms with Gasteiger partial charge in [-0.3, -0.25) is 9.48 Å². The van der Waals surface area contributed by atoms with Crippen molar-refractivity contribution < 1.29 is 14.6 Å². The number of hydrogen-bond acceptors (Lipinski definition) is 5. The van der Waals surface area contributed by atoms with E-state index in [4.69, 9.17) is 9.84 Å². The number of carbonyl (C=O) groups is 1. The molecule has 1 aliphatic rings. The van der Waals surface area contributed by atoms with Gasteiger partial charge in [0.05, 0.1) is 18.9 Å². The molecule has 20 heavy (non-hydrogen) atoms. The predicted octanol–water partition coefficient (Wildman–Crippen LogP) is -0.158. The van der Waals surface area contributed by atoms with Crippen LogP contribution in [0.2, 0.25) is 0 Å². The second kappa shape index (κ2) is 7.96. The molecular formula is C13H22N4O3. The van der Waals surface area contributed by atoms with Gasteiger partial charge in [-0.25, -0.2) is 0 Å². The number of nitrogens with zero attached hydrogens (tertiary/aromatic N) is 4. The highest BCUT2D eigenvalue weighted by Crippen LogP contribution is 2.04. The van der Waals surface area contributed by atoms with Gasteiger partial charge in [0, 0.05) is 38.9 Å². The number of aliphatic hydroxyl groups is 1. The van der Waals surface area contributed by atoms with E-state index in [9.17, 15) is 4.79 Å². The molecule has 1 fully saturated rings. The zero-order valence-electron chi connectivity index (χ0n) is 11.7. The van der Waals surface area contributed by atoms with Crippen molar-refractivity contribution in [3.8, 4) is 0 Å². The average Bonchev–Trinajstić information content (AvgIpc) is 2.94. The molecule has 1 saturated heterocycles. The summed E-state index contributed by atoms with van der Waals surface area (Å²) in [6.07, 6.45) is 4.62. The van der Waals surface area contributed by atoms with Crippen molar-refractivity contribution in [2.45, 2.75) is 32.2 Å². The van der Waals surface area contributed by atoms with Crippen molar-refractivity contribution in [2.24, 2.45) is 0 Å². The highest BCUT2D eigenvalue weighted by molar-refractivity contribution is 5.76. The van der Waals surface area contributed by atoms with E-state index in [1.807, 2.05) is 11.1 Å². The van der Waals surface area contributed by atoms with Crippen LogP contribution in [0.25, 0.3) is 0 Å². The first-order valence-corrected chi connectivity index (χ1v) is 7.15. The number of aryl methyl sites for hydroxylation is 2. The molecule has 7 heteroatoms. The Balaban J connectivity index is 1.67. The standard InChI is InChI=1S/C13H22N4O3/c18-8-2-3-12-11-17(15-14-12)5-1-4-13(19)16-6-9-20-10-7-16/h11,18H,1-10H2. The van der Waals surface area contributed by atoms with Crippen molar-refractivity contribution in [1.29, 1.82) is 0 Å². The van der Waals surface area contributed by atoms with Crippen LogP contribution in [-0.4, -0.2) is 63.8 Å². The molecular weight excluding hydrogens is 260 g/mol. The number of hydrogen-bond donors (Lipinski definition) is 1. The third kappa shape index (κ3) is 4.57. The van der Waals surface area contributed by atoms with Gasteiger partial charge in [0.25, 0.3) is 0 Å². The van der Waals surface area contributed by atoms with Gasteiger partial charge in [-0.1, -0.05) is 5.21 Å². The van der Waals surface area contributed by atoms with Crippen molar-refractivity contribution in [2.75, 3.05) is 32.9 Å². The molecule has 2 rings (SSSR count). The number of rotatable bonds is 7. The van der Waals surface area contributed by atoms with Gasteiger partial charge in [-0.2, -0.15) is 0 Å². The van der Waals surface area contributed by atoms with Crippen LogP contribution in [0.15, 0.2) is 6.20 Å². The number of morpholine rings is 1. The van der Waals surface area contributed by atoms with Crippen molar-refractivity contribution >= 4 is 5.91 Å². The van der Waals surface area contributed by atoms with E-state index in [0.717, 1.165) is 18.5 Å². The molecule has 0 aliphatic carbocycles. The van der Waals surface area contributed by atoms with Crippen molar-refractivity contribution in [1.82, 2.24) is 19.9 Å². The first kappa shape index (κ1) is 14.9.